The van der Waals surface area contributed by atoms with Gasteiger partial charge in [-0.15, -0.1) is 0 Å². The summed E-state index contributed by atoms with van der Waals surface area (Å²) in [6.07, 6.45) is 4.09. The highest BCUT2D eigenvalue weighted by molar-refractivity contribution is 7.80. The van der Waals surface area contributed by atoms with Crippen LogP contribution in [0.3, 0.4) is 0 Å². The maximum Gasteiger partial charge on any atom is 0.230 e. The molecule has 0 atom stereocenters. The molecule has 186 valence electrons. The highest BCUT2D eigenvalue weighted by Gasteiger charge is 2.24. The highest BCUT2D eigenvalue weighted by Crippen LogP contribution is 2.41. The van der Waals surface area contributed by atoms with Gasteiger partial charge in [0.15, 0.2) is 0 Å². The lowest BCUT2D eigenvalue weighted by molar-refractivity contribution is -0.115. The Hall–Kier alpha value is -4.25. The molecule has 0 fully saturated rings. The van der Waals surface area contributed by atoms with Crippen molar-refractivity contribution in [2.75, 3.05) is 5.32 Å². The molecule has 0 bridgehead atoms. The van der Waals surface area contributed by atoms with E-state index in [0.29, 0.717) is 6.42 Å². The Morgan fingerprint density at radius 3 is 2.13 bits per heavy atom. The maximum atomic E-state index is 13.2. The number of aliphatic imine (C=N–C) groups is 1. The van der Waals surface area contributed by atoms with Crippen LogP contribution in [-0.4, -0.2) is 11.6 Å². The van der Waals surface area contributed by atoms with Crippen molar-refractivity contribution in [3.05, 3.63) is 120 Å². The molecule has 0 spiro atoms. The van der Waals surface area contributed by atoms with Gasteiger partial charge in [-0.1, -0.05) is 103 Å². The summed E-state index contributed by atoms with van der Waals surface area (Å²) < 4.78 is 0. The van der Waals surface area contributed by atoms with Gasteiger partial charge < -0.3 is 5.32 Å². The van der Waals surface area contributed by atoms with Crippen LogP contribution in [0.1, 0.15) is 24.0 Å². The molecule has 0 unspecified atom stereocenters. The van der Waals surface area contributed by atoms with Gasteiger partial charge in [0, 0.05) is 35.7 Å². The van der Waals surface area contributed by atoms with E-state index in [1.807, 2.05) is 12.1 Å². The minimum absolute atomic E-state index is 0.0868. The number of carbonyl (C=O) groups is 1. The average Bonchev–Trinajstić information content (AvgIpc) is 3.20. The van der Waals surface area contributed by atoms with E-state index >= 15 is 0 Å². The zero-order valence-electron chi connectivity index (χ0n) is 21.6. The van der Waals surface area contributed by atoms with Gasteiger partial charge in [-0.05, 0) is 60.4 Å². The lowest BCUT2D eigenvalue weighted by Gasteiger charge is -2.25. The smallest absolute Gasteiger partial charge is 0.230 e. The van der Waals surface area contributed by atoms with E-state index in [0.717, 1.165) is 22.5 Å². The Labute approximate surface area is 226 Å². The molecule has 1 aliphatic rings. The van der Waals surface area contributed by atoms with Crippen molar-refractivity contribution in [3.63, 3.8) is 0 Å². The summed E-state index contributed by atoms with van der Waals surface area (Å²) in [6.45, 7) is 4.27. The van der Waals surface area contributed by atoms with E-state index in [1.165, 1.54) is 27.0 Å². The van der Waals surface area contributed by atoms with Crippen molar-refractivity contribution in [1.29, 1.82) is 0 Å². The Balaban J connectivity index is 1.61. The topological polar surface area (TPSA) is 41.5 Å². The van der Waals surface area contributed by atoms with Crippen LogP contribution in [0, 0.1) is 25.7 Å². The van der Waals surface area contributed by atoms with Gasteiger partial charge in [-0.3, -0.25) is 9.79 Å². The van der Waals surface area contributed by atoms with Crippen molar-refractivity contribution in [3.8, 4) is 23.0 Å². The Bertz CT molecular complexity index is 1540. The van der Waals surface area contributed by atoms with Crippen molar-refractivity contribution < 1.29 is 4.79 Å². The standard InChI is InChI=1S/C34H29N2OP/c1-25-14-12-21-30(36-32(37)24-27-16-6-5-11-23-35-27)33(25)34-26(2)15-13-22-31(34)38(28-17-7-3-8-18-28)29-19-9-4-10-20-29/h3-4,7-15,17-23H,16,24H2,1-2H3,(H,36,37). The number of hydrogen-bond acceptors (Lipinski definition) is 2. The summed E-state index contributed by atoms with van der Waals surface area (Å²) in [6, 6.07) is 34.1. The number of hydrogen-bond donors (Lipinski definition) is 1. The molecule has 0 radical (unpaired) electrons. The van der Waals surface area contributed by atoms with E-state index in [9.17, 15) is 4.79 Å². The van der Waals surface area contributed by atoms with E-state index in [4.69, 9.17) is 0 Å². The lowest BCUT2D eigenvalue weighted by Crippen LogP contribution is -2.23. The van der Waals surface area contributed by atoms with Crippen molar-refractivity contribution in [1.82, 2.24) is 0 Å². The molecule has 4 aromatic rings. The molecule has 5 rings (SSSR count). The van der Waals surface area contributed by atoms with Crippen LogP contribution < -0.4 is 21.2 Å². The molecule has 1 amide bonds. The number of allylic oxidation sites excluding steroid dienone is 1. The summed E-state index contributed by atoms with van der Waals surface area (Å²) in [5.74, 6) is 5.85. The highest BCUT2D eigenvalue weighted by atomic mass is 31.1. The molecule has 0 saturated heterocycles. The fourth-order valence-corrected chi connectivity index (χ4v) is 7.32. The molecule has 1 heterocycles. The number of rotatable bonds is 7. The van der Waals surface area contributed by atoms with Gasteiger partial charge in [-0.25, -0.2) is 0 Å². The number of nitrogens with zero attached hydrogens (tertiary/aromatic N) is 1. The zero-order valence-corrected chi connectivity index (χ0v) is 22.5. The first-order valence-corrected chi connectivity index (χ1v) is 14.0. The van der Waals surface area contributed by atoms with E-state index in [2.05, 4.69) is 121 Å². The zero-order chi connectivity index (χ0) is 26.3. The number of benzene rings is 4. The lowest BCUT2D eigenvalue weighted by atomic mass is 9.94. The second-order valence-corrected chi connectivity index (χ2v) is 11.4. The Kier molecular flexibility index (Phi) is 7.93. The molecule has 4 heteroatoms. The van der Waals surface area contributed by atoms with Crippen LogP contribution in [0.15, 0.2) is 114 Å². The summed E-state index contributed by atoms with van der Waals surface area (Å²) in [7, 11) is -0.823. The molecule has 1 N–H and O–H groups in total. The minimum atomic E-state index is -0.823. The molecular formula is C34H29N2OP. The molecule has 38 heavy (non-hydrogen) atoms. The third-order valence-electron chi connectivity index (χ3n) is 6.49. The third kappa shape index (κ3) is 5.67. The third-order valence-corrected chi connectivity index (χ3v) is 8.98. The largest absolute Gasteiger partial charge is 0.325 e. The Morgan fingerprint density at radius 1 is 0.816 bits per heavy atom. The predicted molar refractivity (Wildman–Crippen MR) is 162 cm³/mol. The van der Waals surface area contributed by atoms with Crippen molar-refractivity contribution in [2.24, 2.45) is 4.99 Å². The van der Waals surface area contributed by atoms with Crippen LogP contribution in [-0.2, 0) is 4.79 Å². The molecule has 0 aromatic heterocycles. The first-order chi connectivity index (χ1) is 18.6. The number of carbonyl (C=O) groups excluding carboxylic acids is 1. The Morgan fingerprint density at radius 2 is 1.45 bits per heavy atom. The quantitative estimate of drug-likeness (QED) is 0.225. The number of aryl methyl sites for hydroxylation is 2. The maximum absolute atomic E-state index is 13.2. The monoisotopic (exact) mass is 512 g/mol. The number of amides is 1. The first kappa shape index (κ1) is 25.4. The summed E-state index contributed by atoms with van der Waals surface area (Å²) >= 11 is 0. The predicted octanol–water partition coefficient (Wildman–Crippen LogP) is 6.42. The van der Waals surface area contributed by atoms with Crippen LogP contribution in [0.4, 0.5) is 5.69 Å². The van der Waals surface area contributed by atoms with Crippen LogP contribution in [0.5, 0.6) is 0 Å². The van der Waals surface area contributed by atoms with Gasteiger partial charge in [0.05, 0.1) is 6.42 Å². The van der Waals surface area contributed by atoms with Gasteiger partial charge in [0.1, 0.15) is 0 Å². The van der Waals surface area contributed by atoms with Gasteiger partial charge in [0.25, 0.3) is 0 Å². The fourth-order valence-electron chi connectivity index (χ4n) is 4.77. The molecule has 0 saturated carbocycles. The molecule has 0 aliphatic carbocycles. The van der Waals surface area contributed by atoms with Gasteiger partial charge >= 0.3 is 0 Å². The van der Waals surface area contributed by atoms with Gasteiger partial charge in [-0.2, -0.15) is 0 Å². The van der Waals surface area contributed by atoms with Crippen LogP contribution >= 0.6 is 7.92 Å². The summed E-state index contributed by atoms with van der Waals surface area (Å²) in [5.41, 5.74) is 6.13. The van der Waals surface area contributed by atoms with Crippen LogP contribution in [0.2, 0.25) is 0 Å². The molecule has 3 nitrogen and oxygen atoms in total. The van der Waals surface area contributed by atoms with Crippen molar-refractivity contribution in [2.45, 2.75) is 26.7 Å². The average molecular weight is 513 g/mol. The van der Waals surface area contributed by atoms with Crippen molar-refractivity contribution >= 4 is 41.1 Å². The fraction of sp³-hybridized carbons (Fsp3) is 0.118. The molecular weight excluding hydrogens is 483 g/mol. The SMILES string of the molecule is Cc1cccc(NC(=O)CC2=NC=CC#CC2)c1-c1c(C)cccc1P(c1ccccc1)c1ccccc1. The minimum Gasteiger partial charge on any atom is -0.325 e. The normalized spacial score (nSPS) is 12.3. The van der Waals surface area contributed by atoms with E-state index in [-0.39, 0.29) is 12.3 Å². The first-order valence-electron chi connectivity index (χ1n) is 12.7. The van der Waals surface area contributed by atoms with E-state index in [1.54, 1.807) is 12.3 Å². The second-order valence-electron chi connectivity index (χ2n) is 9.21. The number of nitrogens with one attached hydrogen (secondary N) is 1. The number of anilines is 1. The van der Waals surface area contributed by atoms with Gasteiger partial charge in [0.2, 0.25) is 5.91 Å². The van der Waals surface area contributed by atoms with Crippen LogP contribution in [0.25, 0.3) is 11.1 Å². The summed E-state index contributed by atoms with van der Waals surface area (Å²) in [5, 5.41) is 7.06. The summed E-state index contributed by atoms with van der Waals surface area (Å²) in [4.78, 5) is 17.5. The second kappa shape index (κ2) is 11.9. The molecule has 4 aromatic carbocycles. The molecule has 1 aliphatic heterocycles. The van der Waals surface area contributed by atoms with E-state index < -0.39 is 7.92 Å².